The van der Waals surface area contributed by atoms with E-state index < -0.39 is 0 Å². The van der Waals surface area contributed by atoms with E-state index in [1.807, 2.05) is 6.07 Å². The van der Waals surface area contributed by atoms with Crippen LogP contribution in [0.25, 0.3) is 0 Å². The Morgan fingerprint density at radius 1 is 1.42 bits per heavy atom. The van der Waals surface area contributed by atoms with Gasteiger partial charge in [-0.05, 0) is 36.6 Å². The zero-order valence-corrected chi connectivity index (χ0v) is 11.9. The van der Waals surface area contributed by atoms with Crippen LogP contribution in [0.5, 0.6) is 5.75 Å². The standard InChI is InChI=1S/C14H13ClFNOS/c1-18-12-6-8(2-3-10(12)16)17-11-4-5-13-9(11)7-14(15)19-13/h2-3,6-7,11,17H,4-5H2,1H3. The van der Waals surface area contributed by atoms with Gasteiger partial charge in [-0.25, -0.2) is 4.39 Å². The molecule has 2 aromatic rings. The number of fused-ring (bicyclic) bond motifs is 1. The molecule has 1 N–H and O–H groups in total. The van der Waals surface area contributed by atoms with Crippen LogP contribution in [0.3, 0.4) is 0 Å². The number of hydrogen-bond acceptors (Lipinski definition) is 3. The summed E-state index contributed by atoms with van der Waals surface area (Å²) in [5.41, 5.74) is 2.12. The number of hydrogen-bond donors (Lipinski definition) is 1. The van der Waals surface area contributed by atoms with Gasteiger partial charge < -0.3 is 10.1 Å². The highest BCUT2D eigenvalue weighted by Gasteiger charge is 2.25. The summed E-state index contributed by atoms with van der Waals surface area (Å²) >= 11 is 7.68. The van der Waals surface area contributed by atoms with Crippen LogP contribution in [0.15, 0.2) is 24.3 Å². The van der Waals surface area contributed by atoms with E-state index in [9.17, 15) is 4.39 Å². The average molecular weight is 298 g/mol. The Morgan fingerprint density at radius 3 is 3.05 bits per heavy atom. The fourth-order valence-corrected chi connectivity index (χ4v) is 3.79. The SMILES string of the molecule is COc1cc(NC2CCc3sc(Cl)cc32)ccc1F. The highest BCUT2D eigenvalue weighted by atomic mass is 35.5. The van der Waals surface area contributed by atoms with Gasteiger partial charge in [-0.3, -0.25) is 0 Å². The molecule has 1 atom stereocenters. The lowest BCUT2D eigenvalue weighted by Gasteiger charge is -2.15. The molecule has 0 radical (unpaired) electrons. The fraction of sp³-hybridized carbons (Fsp3) is 0.286. The summed E-state index contributed by atoms with van der Waals surface area (Å²) in [4.78, 5) is 1.34. The molecular weight excluding hydrogens is 285 g/mol. The van der Waals surface area contributed by atoms with E-state index in [1.165, 1.54) is 23.6 Å². The van der Waals surface area contributed by atoms with Gasteiger partial charge in [-0.15, -0.1) is 11.3 Å². The van der Waals surface area contributed by atoms with E-state index in [-0.39, 0.29) is 17.6 Å². The largest absolute Gasteiger partial charge is 0.494 e. The van der Waals surface area contributed by atoms with Crippen molar-refractivity contribution in [3.63, 3.8) is 0 Å². The molecule has 0 bridgehead atoms. The van der Waals surface area contributed by atoms with Crippen LogP contribution in [0.1, 0.15) is 22.9 Å². The van der Waals surface area contributed by atoms with Gasteiger partial charge in [0.05, 0.1) is 17.5 Å². The number of ether oxygens (including phenoxy) is 1. The Bertz CT molecular complexity index is 613. The quantitative estimate of drug-likeness (QED) is 0.890. The highest BCUT2D eigenvalue weighted by Crippen LogP contribution is 2.41. The van der Waals surface area contributed by atoms with Crippen LogP contribution in [-0.4, -0.2) is 7.11 Å². The van der Waals surface area contributed by atoms with Crippen molar-refractivity contribution in [2.24, 2.45) is 0 Å². The van der Waals surface area contributed by atoms with Crippen LogP contribution >= 0.6 is 22.9 Å². The molecule has 3 rings (SSSR count). The summed E-state index contributed by atoms with van der Waals surface area (Å²) in [6.45, 7) is 0. The number of halogens is 2. The van der Waals surface area contributed by atoms with Crippen molar-refractivity contribution in [2.75, 3.05) is 12.4 Å². The zero-order valence-electron chi connectivity index (χ0n) is 10.4. The molecule has 0 spiro atoms. The number of nitrogens with one attached hydrogen (secondary N) is 1. The number of aryl methyl sites for hydroxylation is 1. The van der Waals surface area contributed by atoms with Gasteiger partial charge in [0.1, 0.15) is 0 Å². The van der Waals surface area contributed by atoms with Crippen LogP contribution in [0, 0.1) is 5.82 Å². The summed E-state index contributed by atoms with van der Waals surface area (Å²) in [5.74, 6) is -0.0923. The first-order valence-electron chi connectivity index (χ1n) is 6.05. The first kappa shape index (κ1) is 12.8. The van der Waals surface area contributed by atoms with Crippen LogP contribution < -0.4 is 10.1 Å². The molecule has 1 aliphatic rings. The summed E-state index contributed by atoms with van der Waals surface area (Å²) in [6.07, 6.45) is 2.08. The van der Waals surface area contributed by atoms with E-state index in [4.69, 9.17) is 16.3 Å². The Labute approximate surface area is 120 Å². The van der Waals surface area contributed by atoms with E-state index in [2.05, 4.69) is 5.32 Å². The van der Waals surface area contributed by atoms with Gasteiger partial charge in [0.15, 0.2) is 11.6 Å². The lowest BCUT2D eigenvalue weighted by Crippen LogP contribution is -2.06. The molecular formula is C14H13ClFNOS. The summed E-state index contributed by atoms with van der Waals surface area (Å²) in [7, 11) is 1.47. The minimum Gasteiger partial charge on any atom is -0.494 e. The third kappa shape index (κ3) is 2.42. The molecule has 19 heavy (non-hydrogen) atoms. The number of thiophene rings is 1. The van der Waals surface area contributed by atoms with Crippen molar-refractivity contribution < 1.29 is 9.13 Å². The molecule has 0 saturated heterocycles. The second-order valence-electron chi connectivity index (χ2n) is 4.51. The molecule has 1 aromatic carbocycles. The molecule has 1 aromatic heterocycles. The predicted octanol–water partition coefficient (Wildman–Crippen LogP) is 4.65. The van der Waals surface area contributed by atoms with E-state index in [1.54, 1.807) is 23.5 Å². The molecule has 1 aliphatic carbocycles. The normalized spacial score (nSPS) is 17.3. The van der Waals surface area contributed by atoms with Crippen molar-refractivity contribution >= 4 is 28.6 Å². The first-order chi connectivity index (χ1) is 9.17. The van der Waals surface area contributed by atoms with Crippen LogP contribution in [0.4, 0.5) is 10.1 Å². The Hall–Kier alpha value is -1.26. The molecule has 100 valence electrons. The monoisotopic (exact) mass is 297 g/mol. The third-order valence-electron chi connectivity index (χ3n) is 3.34. The van der Waals surface area contributed by atoms with Crippen molar-refractivity contribution in [3.8, 4) is 5.75 Å². The fourth-order valence-electron chi connectivity index (χ4n) is 2.43. The Balaban J connectivity index is 1.83. The molecule has 0 saturated carbocycles. The lowest BCUT2D eigenvalue weighted by atomic mass is 10.1. The van der Waals surface area contributed by atoms with Gasteiger partial charge in [-0.2, -0.15) is 0 Å². The van der Waals surface area contributed by atoms with Gasteiger partial charge in [0, 0.05) is 16.6 Å². The second-order valence-corrected chi connectivity index (χ2v) is 6.28. The van der Waals surface area contributed by atoms with Crippen molar-refractivity contribution in [1.29, 1.82) is 0 Å². The predicted molar refractivity (Wildman–Crippen MR) is 77.0 cm³/mol. The lowest BCUT2D eigenvalue weighted by molar-refractivity contribution is 0.386. The van der Waals surface area contributed by atoms with E-state index in [0.717, 1.165) is 22.9 Å². The second kappa shape index (κ2) is 5.02. The van der Waals surface area contributed by atoms with Crippen molar-refractivity contribution in [3.05, 3.63) is 44.9 Å². The maximum Gasteiger partial charge on any atom is 0.165 e. The van der Waals surface area contributed by atoms with E-state index in [0.29, 0.717) is 0 Å². The first-order valence-corrected chi connectivity index (χ1v) is 7.25. The van der Waals surface area contributed by atoms with Crippen molar-refractivity contribution in [1.82, 2.24) is 0 Å². The molecule has 0 fully saturated rings. The maximum atomic E-state index is 13.4. The minimum atomic E-state index is -0.348. The molecule has 1 unspecified atom stereocenters. The van der Waals surface area contributed by atoms with Gasteiger partial charge in [0.2, 0.25) is 0 Å². The Kier molecular flexibility index (Phi) is 3.37. The number of anilines is 1. The molecule has 1 heterocycles. The minimum absolute atomic E-state index is 0.244. The molecule has 0 aliphatic heterocycles. The summed E-state index contributed by atoms with van der Waals surface area (Å²) in [5, 5.41) is 3.41. The smallest absolute Gasteiger partial charge is 0.165 e. The average Bonchev–Trinajstić information content (AvgIpc) is 2.92. The van der Waals surface area contributed by atoms with Gasteiger partial charge >= 0.3 is 0 Å². The summed E-state index contributed by atoms with van der Waals surface area (Å²) in [6, 6.07) is 7.09. The van der Waals surface area contributed by atoms with Crippen LogP contribution in [-0.2, 0) is 6.42 Å². The number of benzene rings is 1. The Morgan fingerprint density at radius 2 is 2.26 bits per heavy atom. The molecule has 2 nitrogen and oxygen atoms in total. The zero-order chi connectivity index (χ0) is 13.4. The molecule has 5 heteroatoms. The number of methoxy groups -OCH3 is 1. The highest BCUT2D eigenvalue weighted by molar-refractivity contribution is 7.16. The summed E-state index contributed by atoms with van der Waals surface area (Å²) < 4.78 is 19.2. The van der Waals surface area contributed by atoms with Gasteiger partial charge in [-0.1, -0.05) is 11.6 Å². The van der Waals surface area contributed by atoms with E-state index >= 15 is 0 Å². The van der Waals surface area contributed by atoms with Gasteiger partial charge in [0.25, 0.3) is 0 Å². The maximum absolute atomic E-state index is 13.4. The van der Waals surface area contributed by atoms with Crippen LogP contribution in [0.2, 0.25) is 4.34 Å². The topological polar surface area (TPSA) is 21.3 Å². The third-order valence-corrected chi connectivity index (χ3v) is 4.68. The van der Waals surface area contributed by atoms with Crippen molar-refractivity contribution in [2.45, 2.75) is 18.9 Å². The molecule has 0 amide bonds. The number of rotatable bonds is 3.